The van der Waals surface area contributed by atoms with Crippen LogP contribution in [0.15, 0.2) is 60.7 Å². The van der Waals surface area contributed by atoms with Crippen LogP contribution in [-0.2, 0) is 6.42 Å². The van der Waals surface area contributed by atoms with E-state index in [4.69, 9.17) is 0 Å². The number of nitro groups is 1. The summed E-state index contributed by atoms with van der Waals surface area (Å²) in [5, 5.41) is 21.9. The lowest BCUT2D eigenvalue weighted by Crippen LogP contribution is -2.23. The number of aliphatic hydroxyl groups excluding tert-OH is 1. The molecule has 0 aliphatic rings. The number of pyridine rings is 1. The molecule has 120 valence electrons. The molecule has 1 N–H and O–H groups in total. The molecule has 0 aliphatic carbocycles. The highest BCUT2D eigenvalue weighted by Gasteiger charge is 2.20. The van der Waals surface area contributed by atoms with Crippen LogP contribution in [0.4, 0.5) is 5.69 Å². The van der Waals surface area contributed by atoms with E-state index in [-0.39, 0.29) is 17.7 Å². The predicted octanol–water partition coefficient (Wildman–Crippen LogP) is 2.93. The van der Waals surface area contributed by atoms with Gasteiger partial charge < -0.3 is 5.11 Å². The highest BCUT2D eigenvalue weighted by Crippen LogP contribution is 2.17. The Morgan fingerprint density at radius 3 is 2.71 bits per heavy atom. The Labute approximate surface area is 137 Å². The monoisotopic (exact) mass is 322 g/mol. The maximum atomic E-state index is 12.3. The van der Waals surface area contributed by atoms with Crippen LogP contribution < -0.4 is 0 Å². The quantitative estimate of drug-likeness (QED) is 0.443. The SMILES string of the molecule is O=C(c1cccc([N+](=O)[O-])c1)C(O)Cc1ccc2ccccc2n1. The lowest BCUT2D eigenvalue weighted by Gasteiger charge is -2.10. The van der Waals surface area contributed by atoms with Crippen LogP contribution >= 0.6 is 0 Å². The number of nitrogens with zero attached hydrogens (tertiary/aromatic N) is 2. The molecule has 2 aromatic carbocycles. The molecule has 0 spiro atoms. The number of carbonyl (C=O) groups is 1. The van der Waals surface area contributed by atoms with Crippen molar-refractivity contribution in [1.29, 1.82) is 0 Å². The fraction of sp³-hybridized carbons (Fsp3) is 0.111. The summed E-state index contributed by atoms with van der Waals surface area (Å²) in [7, 11) is 0. The summed E-state index contributed by atoms with van der Waals surface area (Å²) in [4.78, 5) is 26.9. The van der Waals surface area contributed by atoms with E-state index in [1.807, 2.05) is 30.3 Å². The third kappa shape index (κ3) is 3.28. The van der Waals surface area contributed by atoms with Gasteiger partial charge in [-0.05, 0) is 12.1 Å². The van der Waals surface area contributed by atoms with E-state index in [1.54, 1.807) is 6.07 Å². The van der Waals surface area contributed by atoms with E-state index in [2.05, 4.69) is 4.98 Å². The second-order valence-electron chi connectivity index (χ2n) is 5.39. The Balaban J connectivity index is 1.80. The minimum atomic E-state index is -1.30. The summed E-state index contributed by atoms with van der Waals surface area (Å²) in [6.45, 7) is 0. The van der Waals surface area contributed by atoms with Gasteiger partial charge in [-0.25, -0.2) is 0 Å². The number of rotatable bonds is 5. The number of nitro benzene ring substituents is 1. The van der Waals surface area contributed by atoms with E-state index in [0.29, 0.717) is 5.69 Å². The molecule has 0 saturated heterocycles. The minimum absolute atomic E-state index is 0.0480. The van der Waals surface area contributed by atoms with Crippen molar-refractivity contribution in [2.75, 3.05) is 0 Å². The zero-order chi connectivity index (χ0) is 17.1. The molecule has 0 bridgehead atoms. The van der Waals surface area contributed by atoms with Gasteiger partial charge in [-0.3, -0.25) is 19.9 Å². The molecule has 0 amide bonds. The maximum Gasteiger partial charge on any atom is 0.270 e. The fourth-order valence-electron chi connectivity index (χ4n) is 2.48. The van der Waals surface area contributed by atoms with Crippen LogP contribution in [0.5, 0.6) is 0 Å². The van der Waals surface area contributed by atoms with Crippen LogP contribution in [0.2, 0.25) is 0 Å². The smallest absolute Gasteiger partial charge is 0.270 e. The standard InChI is InChI=1S/C18H14N2O4/c21-17(18(22)13-5-3-6-15(10-13)20(23)24)11-14-9-8-12-4-1-2-7-16(12)19-14/h1-10,17,21H,11H2. The number of carbonyl (C=O) groups excluding carboxylic acids is 1. The van der Waals surface area contributed by atoms with Gasteiger partial charge in [0.2, 0.25) is 0 Å². The largest absolute Gasteiger partial charge is 0.385 e. The Kier molecular flexibility index (Phi) is 4.31. The molecule has 1 atom stereocenters. The van der Waals surface area contributed by atoms with Gasteiger partial charge in [0.1, 0.15) is 6.10 Å². The van der Waals surface area contributed by atoms with Gasteiger partial charge in [0.15, 0.2) is 5.78 Å². The number of aromatic nitrogens is 1. The van der Waals surface area contributed by atoms with E-state index in [9.17, 15) is 20.0 Å². The summed E-state index contributed by atoms with van der Waals surface area (Å²) < 4.78 is 0. The van der Waals surface area contributed by atoms with Gasteiger partial charge in [-0.15, -0.1) is 0 Å². The van der Waals surface area contributed by atoms with Crippen molar-refractivity contribution in [2.45, 2.75) is 12.5 Å². The molecule has 6 nitrogen and oxygen atoms in total. The Morgan fingerprint density at radius 2 is 1.92 bits per heavy atom. The lowest BCUT2D eigenvalue weighted by molar-refractivity contribution is -0.384. The molecular formula is C18H14N2O4. The molecule has 0 aliphatic heterocycles. The fourth-order valence-corrected chi connectivity index (χ4v) is 2.48. The topological polar surface area (TPSA) is 93.3 Å². The average Bonchev–Trinajstić information content (AvgIpc) is 2.61. The van der Waals surface area contributed by atoms with Crippen molar-refractivity contribution in [3.05, 3.63) is 82.0 Å². The number of ketones is 1. The minimum Gasteiger partial charge on any atom is -0.385 e. The number of hydrogen-bond acceptors (Lipinski definition) is 5. The zero-order valence-electron chi connectivity index (χ0n) is 12.6. The van der Waals surface area contributed by atoms with Gasteiger partial charge in [0, 0.05) is 35.2 Å². The van der Waals surface area contributed by atoms with Crippen molar-refractivity contribution in [2.24, 2.45) is 0 Å². The van der Waals surface area contributed by atoms with Gasteiger partial charge in [-0.2, -0.15) is 0 Å². The van der Waals surface area contributed by atoms with Crippen molar-refractivity contribution in [1.82, 2.24) is 4.98 Å². The van der Waals surface area contributed by atoms with Gasteiger partial charge in [0.25, 0.3) is 5.69 Å². The number of para-hydroxylation sites is 1. The first-order chi connectivity index (χ1) is 11.5. The molecule has 0 radical (unpaired) electrons. The Hall–Kier alpha value is -3.12. The van der Waals surface area contributed by atoms with E-state index < -0.39 is 16.8 Å². The van der Waals surface area contributed by atoms with Crippen LogP contribution in [0.1, 0.15) is 16.1 Å². The van der Waals surface area contributed by atoms with E-state index in [1.165, 1.54) is 24.3 Å². The molecule has 24 heavy (non-hydrogen) atoms. The van der Waals surface area contributed by atoms with Crippen LogP contribution in [0.25, 0.3) is 10.9 Å². The Morgan fingerprint density at radius 1 is 1.12 bits per heavy atom. The van der Waals surface area contributed by atoms with E-state index in [0.717, 1.165) is 10.9 Å². The summed E-state index contributed by atoms with van der Waals surface area (Å²) in [5.74, 6) is -0.561. The zero-order valence-corrected chi connectivity index (χ0v) is 12.6. The van der Waals surface area contributed by atoms with E-state index >= 15 is 0 Å². The summed E-state index contributed by atoms with van der Waals surface area (Å²) in [6, 6.07) is 16.5. The Bertz CT molecular complexity index is 924. The van der Waals surface area contributed by atoms with Crippen molar-refractivity contribution in [3.8, 4) is 0 Å². The third-order valence-electron chi connectivity index (χ3n) is 3.70. The normalized spacial score (nSPS) is 12.0. The molecule has 1 heterocycles. The van der Waals surface area contributed by atoms with Crippen molar-refractivity contribution < 1.29 is 14.8 Å². The first-order valence-corrected chi connectivity index (χ1v) is 7.36. The molecular weight excluding hydrogens is 308 g/mol. The van der Waals surface area contributed by atoms with Gasteiger partial charge in [-0.1, -0.05) is 36.4 Å². The summed E-state index contributed by atoms with van der Waals surface area (Å²) in [5.41, 5.74) is 1.29. The molecule has 6 heteroatoms. The molecule has 0 saturated carbocycles. The molecule has 0 fully saturated rings. The van der Waals surface area contributed by atoms with Gasteiger partial charge >= 0.3 is 0 Å². The van der Waals surface area contributed by atoms with Gasteiger partial charge in [0.05, 0.1) is 10.4 Å². The third-order valence-corrected chi connectivity index (χ3v) is 3.70. The lowest BCUT2D eigenvalue weighted by atomic mass is 10.0. The highest BCUT2D eigenvalue weighted by molar-refractivity contribution is 6.00. The summed E-state index contributed by atoms with van der Waals surface area (Å²) in [6.07, 6.45) is -1.26. The second kappa shape index (κ2) is 6.55. The predicted molar refractivity (Wildman–Crippen MR) is 88.9 cm³/mol. The first-order valence-electron chi connectivity index (χ1n) is 7.36. The van der Waals surface area contributed by atoms with Crippen molar-refractivity contribution >= 4 is 22.4 Å². The number of non-ortho nitro benzene ring substituents is 1. The number of benzene rings is 2. The van der Waals surface area contributed by atoms with Crippen LogP contribution in [-0.4, -0.2) is 26.9 Å². The highest BCUT2D eigenvalue weighted by atomic mass is 16.6. The molecule has 3 rings (SSSR count). The average molecular weight is 322 g/mol. The number of Topliss-reactive ketones (excluding diaryl/α,β-unsaturated/α-hetero) is 1. The number of hydrogen-bond donors (Lipinski definition) is 1. The molecule has 1 aromatic heterocycles. The van der Waals surface area contributed by atoms with Crippen molar-refractivity contribution in [3.63, 3.8) is 0 Å². The molecule has 3 aromatic rings. The second-order valence-corrected chi connectivity index (χ2v) is 5.39. The summed E-state index contributed by atoms with van der Waals surface area (Å²) >= 11 is 0. The first kappa shape index (κ1) is 15.8. The number of fused-ring (bicyclic) bond motifs is 1. The maximum absolute atomic E-state index is 12.3. The number of aliphatic hydroxyl groups is 1. The van der Waals surface area contributed by atoms with Crippen LogP contribution in [0.3, 0.4) is 0 Å². The molecule has 1 unspecified atom stereocenters. The van der Waals surface area contributed by atoms with Crippen LogP contribution in [0, 0.1) is 10.1 Å².